The first kappa shape index (κ1) is 18.3. The van der Waals surface area contributed by atoms with E-state index in [1.54, 1.807) is 19.4 Å². The van der Waals surface area contributed by atoms with Crippen molar-refractivity contribution < 1.29 is 9.13 Å². The van der Waals surface area contributed by atoms with Gasteiger partial charge in [-0.05, 0) is 25.0 Å². The van der Waals surface area contributed by atoms with Gasteiger partial charge in [0.05, 0.1) is 29.0 Å². The average Bonchev–Trinajstić information content (AvgIpc) is 3.35. The van der Waals surface area contributed by atoms with E-state index in [9.17, 15) is 4.39 Å². The first-order valence-corrected chi connectivity index (χ1v) is 10.2. The van der Waals surface area contributed by atoms with Gasteiger partial charge in [-0.1, -0.05) is 0 Å². The lowest BCUT2D eigenvalue weighted by atomic mass is 10.0. The first-order chi connectivity index (χ1) is 15.1. The molecule has 2 fully saturated rings. The first-order valence-electron chi connectivity index (χ1n) is 10.2. The van der Waals surface area contributed by atoms with E-state index < -0.39 is 0 Å². The highest BCUT2D eigenvalue weighted by atomic mass is 19.1. The molecule has 31 heavy (non-hydrogen) atoms. The van der Waals surface area contributed by atoms with Crippen molar-refractivity contribution >= 4 is 33.4 Å². The van der Waals surface area contributed by atoms with Crippen molar-refractivity contribution in [1.29, 1.82) is 0 Å². The Bertz CT molecular complexity index is 1300. The molecule has 2 aliphatic rings. The smallest absolute Gasteiger partial charge is 0.326 e. The quantitative estimate of drug-likeness (QED) is 0.461. The van der Waals surface area contributed by atoms with Crippen molar-refractivity contribution in [2.24, 2.45) is 11.1 Å². The molecule has 9 nitrogen and oxygen atoms in total. The van der Waals surface area contributed by atoms with Gasteiger partial charge in [0.25, 0.3) is 0 Å². The van der Waals surface area contributed by atoms with Gasteiger partial charge in [-0.25, -0.2) is 14.4 Å². The monoisotopic (exact) mass is 420 g/mol. The van der Waals surface area contributed by atoms with E-state index in [1.807, 2.05) is 0 Å². The molecule has 0 unspecified atom stereocenters. The number of hydrogen-bond donors (Lipinski definition) is 3. The summed E-state index contributed by atoms with van der Waals surface area (Å²) < 4.78 is 20.2. The number of H-pyrrole nitrogens is 1. The molecule has 4 N–H and O–H groups in total. The number of fused-ring (bicyclic) bond motifs is 3. The minimum absolute atomic E-state index is 0.0826. The Kier molecular flexibility index (Phi) is 3.82. The summed E-state index contributed by atoms with van der Waals surface area (Å²) in [5, 5.41) is 4.52. The normalized spacial score (nSPS) is 19.5. The predicted octanol–water partition coefficient (Wildman–Crippen LogP) is 2.80. The number of hydrogen-bond acceptors (Lipinski definition) is 8. The Morgan fingerprint density at radius 1 is 1.26 bits per heavy atom. The van der Waals surface area contributed by atoms with Crippen LogP contribution < -0.4 is 20.7 Å². The Morgan fingerprint density at radius 3 is 2.77 bits per heavy atom. The highest BCUT2D eigenvalue weighted by Gasteiger charge is 2.54. The number of ether oxygens (including phenoxy) is 1. The summed E-state index contributed by atoms with van der Waals surface area (Å²) in [7, 11) is 1.76. The zero-order valence-electron chi connectivity index (χ0n) is 16.9. The molecular formula is C21H21FN8O. The van der Waals surface area contributed by atoms with Crippen molar-refractivity contribution in [2.75, 3.05) is 30.4 Å². The minimum atomic E-state index is -0.331. The molecule has 1 atom stereocenters. The molecule has 1 aliphatic heterocycles. The number of rotatable bonds is 4. The standard InChI is InChI=1S/C21H21FN8O/c1-24-14-5-11(22)4-13-16-18(27-17(13)14)28-20(31-12-6-25-10-26-7-12)29-19(16)30-8-15(23)21(9-30)2-3-21/h4-7,10,15,24H,2-3,8-9,23H2,1H3,(H,27,28,29)/t15-/m0/s1. The lowest BCUT2D eigenvalue weighted by Crippen LogP contribution is -2.30. The second-order valence-corrected chi connectivity index (χ2v) is 8.33. The van der Waals surface area contributed by atoms with Gasteiger partial charge in [-0.3, -0.25) is 0 Å². The molecule has 0 bridgehead atoms. The maximum atomic E-state index is 14.4. The molecule has 1 saturated carbocycles. The maximum absolute atomic E-state index is 14.4. The van der Waals surface area contributed by atoms with Crippen LogP contribution in [-0.2, 0) is 0 Å². The predicted molar refractivity (Wildman–Crippen MR) is 115 cm³/mol. The maximum Gasteiger partial charge on any atom is 0.326 e. The van der Waals surface area contributed by atoms with Crippen LogP contribution in [0, 0.1) is 11.2 Å². The van der Waals surface area contributed by atoms with Crippen LogP contribution in [0.3, 0.4) is 0 Å². The fraction of sp³-hybridized carbons (Fsp3) is 0.333. The zero-order chi connectivity index (χ0) is 21.2. The van der Waals surface area contributed by atoms with Gasteiger partial charge in [-0.15, -0.1) is 0 Å². The Balaban J connectivity index is 1.56. The Labute approximate surface area is 176 Å². The average molecular weight is 420 g/mol. The van der Waals surface area contributed by atoms with E-state index in [0.717, 1.165) is 30.3 Å². The van der Waals surface area contributed by atoms with Gasteiger partial charge in [0.2, 0.25) is 0 Å². The third kappa shape index (κ3) is 2.86. The van der Waals surface area contributed by atoms with Crippen LogP contribution in [-0.4, -0.2) is 51.1 Å². The zero-order valence-corrected chi connectivity index (χ0v) is 16.9. The molecule has 10 heteroatoms. The molecule has 158 valence electrons. The van der Waals surface area contributed by atoms with Crippen LogP contribution in [0.5, 0.6) is 11.8 Å². The van der Waals surface area contributed by atoms with E-state index in [1.165, 1.54) is 18.5 Å². The number of aromatic amines is 1. The van der Waals surface area contributed by atoms with E-state index >= 15 is 0 Å². The second kappa shape index (κ2) is 6.48. The van der Waals surface area contributed by atoms with Crippen molar-refractivity contribution in [3.8, 4) is 11.8 Å². The van der Waals surface area contributed by atoms with Crippen LogP contribution in [0.4, 0.5) is 15.9 Å². The van der Waals surface area contributed by atoms with Crippen molar-refractivity contribution in [3.05, 3.63) is 36.7 Å². The number of nitrogens with zero attached hydrogens (tertiary/aromatic N) is 5. The molecular weight excluding hydrogens is 399 g/mol. The Morgan fingerprint density at radius 2 is 2.06 bits per heavy atom. The number of aromatic nitrogens is 5. The summed E-state index contributed by atoms with van der Waals surface area (Å²) in [6, 6.07) is 3.21. The number of nitrogens with one attached hydrogen (secondary N) is 2. The number of anilines is 2. The number of halogens is 1. The summed E-state index contributed by atoms with van der Waals surface area (Å²) in [4.78, 5) is 22.7. The van der Waals surface area contributed by atoms with E-state index in [0.29, 0.717) is 34.8 Å². The molecule has 1 aromatic carbocycles. The molecule has 4 aromatic rings. The molecule has 3 aromatic heterocycles. The molecule has 6 rings (SSSR count). The Hall–Kier alpha value is -3.53. The third-order valence-corrected chi connectivity index (χ3v) is 6.40. The van der Waals surface area contributed by atoms with Crippen LogP contribution in [0.25, 0.3) is 21.9 Å². The fourth-order valence-electron chi connectivity index (χ4n) is 4.58. The molecule has 1 spiro atoms. The number of benzene rings is 1. The van der Waals surface area contributed by atoms with E-state index in [4.69, 9.17) is 15.5 Å². The van der Waals surface area contributed by atoms with E-state index in [-0.39, 0.29) is 23.3 Å². The summed E-state index contributed by atoms with van der Waals surface area (Å²) in [6.07, 6.45) is 6.76. The lowest BCUT2D eigenvalue weighted by Gasteiger charge is -2.19. The molecule has 4 heterocycles. The summed E-state index contributed by atoms with van der Waals surface area (Å²) >= 11 is 0. The number of nitrogens with two attached hydrogens (primary N) is 1. The third-order valence-electron chi connectivity index (χ3n) is 6.40. The molecule has 0 radical (unpaired) electrons. The van der Waals surface area contributed by atoms with Gasteiger partial charge in [0.15, 0.2) is 5.75 Å². The molecule has 1 saturated heterocycles. The lowest BCUT2D eigenvalue weighted by molar-refractivity contribution is 0.439. The highest BCUT2D eigenvalue weighted by molar-refractivity contribution is 6.14. The largest absolute Gasteiger partial charge is 0.421 e. The van der Waals surface area contributed by atoms with Crippen molar-refractivity contribution in [2.45, 2.75) is 18.9 Å². The van der Waals surface area contributed by atoms with Gasteiger partial charge >= 0.3 is 6.01 Å². The highest BCUT2D eigenvalue weighted by Crippen LogP contribution is 2.53. The van der Waals surface area contributed by atoms with E-state index in [2.05, 4.69) is 30.2 Å². The van der Waals surface area contributed by atoms with Crippen LogP contribution in [0.2, 0.25) is 0 Å². The van der Waals surface area contributed by atoms with Crippen LogP contribution in [0.15, 0.2) is 30.9 Å². The van der Waals surface area contributed by atoms with Crippen molar-refractivity contribution in [3.63, 3.8) is 0 Å². The van der Waals surface area contributed by atoms with Gasteiger partial charge in [-0.2, -0.15) is 9.97 Å². The molecule has 0 amide bonds. The summed E-state index contributed by atoms with van der Waals surface area (Å²) in [6.45, 7) is 1.50. The second-order valence-electron chi connectivity index (χ2n) is 8.33. The van der Waals surface area contributed by atoms with Crippen LogP contribution in [0.1, 0.15) is 12.8 Å². The van der Waals surface area contributed by atoms with Crippen LogP contribution >= 0.6 is 0 Å². The molecule has 1 aliphatic carbocycles. The SMILES string of the molecule is CNc1cc(F)cc2c1[nH]c1nc(Oc3cncnc3)nc(N3C[C@H](N)C4(CC4)C3)c12. The van der Waals surface area contributed by atoms with Gasteiger partial charge in [0.1, 0.15) is 23.6 Å². The minimum Gasteiger partial charge on any atom is -0.421 e. The summed E-state index contributed by atoms with van der Waals surface area (Å²) in [5.41, 5.74) is 8.59. The fourth-order valence-corrected chi connectivity index (χ4v) is 4.58. The van der Waals surface area contributed by atoms with Gasteiger partial charge in [0, 0.05) is 37.0 Å². The van der Waals surface area contributed by atoms with Crippen molar-refractivity contribution in [1.82, 2.24) is 24.9 Å². The van der Waals surface area contributed by atoms with Gasteiger partial charge < -0.3 is 25.7 Å². The topological polar surface area (TPSA) is 118 Å². The summed E-state index contributed by atoms with van der Waals surface area (Å²) in [5.74, 6) is 0.792.